The fourth-order valence-electron chi connectivity index (χ4n) is 3.99. The number of halogens is 6. The first-order valence-corrected chi connectivity index (χ1v) is 14.0. The molecule has 1 saturated heterocycles. The number of hydrogen-bond donors (Lipinski definition) is 2. The summed E-state index contributed by atoms with van der Waals surface area (Å²) in [6.45, 7) is 0. The summed E-state index contributed by atoms with van der Waals surface area (Å²) in [5, 5.41) is 6.12. The van der Waals surface area contributed by atoms with Gasteiger partial charge in [0.15, 0.2) is 9.84 Å². The van der Waals surface area contributed by atoms with Gasteiger partial charge in [-0.2, -0.15) is 0 Å². The monoisotopic (exact) mass is 602 g/mol. The van der Waals surface area contributed by atoms with Crippen LogP contribution in [-0.4, -0.2) is 42.1 Å². The fourth-order valence-corrected chi connectivity index (χ4v) is 7.31. The predicted molar refractivity (Wildman–Crippen MR) is 137 cm³/mol. The maximum absolute atomic E-state index is 13.0. The number of rotatable bonds is 5. The summed E-state index contributed by atoms with van der Waals surface area (Å²) < 4.78 is 21.9. The van der Waals surface area contributed by atoms with Crippen molar-refractivity contribution in [3.05, 3.63) is 61.5 Å². The van der Waals surface area contributed by atoms with E-state index < -0.39 is 43.9 Å². The second-order valence-corrected chi connectivity index (χ2v) is 13.5. The van der Waals surface area contributed by atoms with Crippen molar-refractivity contribution in [3.63, 3.8) is 0 Å². The first kappa shape index (κ1) is 26.1. The van der Waals surface area contributed by atoms with Crippen LogP contribution < -0.4 is 10.6 Å². The highest BCUT2D eigenvalue weighted by atomic mass is 35.5. The molecule has 1 saturated carbocycles. The molecular weight excluding hydrogens is 589 g/mol. The van der Waals surface area contributed by atoms with Crippen LogP contribution in [0.15, 0.2) is 30.3 Å². The normalized spacial score (nSPS) is 24.5. The average molecular weight is 605 g/mol. The highest BCUT2D eigenvalue weighted by molar-refractivity contribution is 7.91. The number of alkyl halides is 2. The van der Waals surface area contributed by atoms with E-state index in [0.717, 1.165) is 0 Å². The standard InChI is InChI=1S/C21H16Cl6N2O4S/c22-13-2-1-10(7-12(13)19(30)29-11-3-4-34(32,33)8-11)28-20(31)17-16(21(17,26)27)9-5-14(23)18(25)15(24)6-9/h1-2,5-7,11,16-17H,3-4,8H2,(H,28,31)(H,29,30)/t11?,16-,17+/m0/s1. The third kappa shape index (κ3) is 5.26. The lowest BCUT2D eigenvalue weighted by Crippen LogP contribution is -2.35. The third-order valence-electron chi connectivity index (χ3n) is 5.75. The Labute approximate surface area is 226 Å². The molecule has 2 N–H and O–H groups in total. The van der Waals surface area contributed by atoms with E-state index in [1.807, 2.05) is 0 Å². The van der Waals surface area contributed by atoms with Gasteiger partial charge in [0.05, 0.1) is 43.1 Å². The lowest BCUT2D eigenvalue weighted by atomic mass is 10.1. The second kappa shape index (κ2) is 9.51. The minimum absolute atomic E-state index is 0.0208. The van der Waals surface area contributed by atoms with Crippen LogP contribution in [0, 0.1) is 5.92 Å². The van der Waals surface area contributed by atoms with Gasteiger partial charge in [0.2, 0.25) is 5.91 Å². The molecule has 3 atom stereocenters. The van der Waals surface area contributed by atoms with Gasteiger partial charge in [-0.05, 0) is 42.3 Å². The number of benzene rings is 2. The summed E-state index contributed by atoms with van der Waals surface area (Å²) in [6, 6.07) is 6.99. The summed E-state index contributed by atoms with van der Waals surface area (Å²) in [4.78, 5) is 25.6. The Balaban J connectivity index is 1.49. The largest absolute Gasteiger partial charge is 0.348 e. The van der Waals surface area contributed by atoms with Crippen LogP contribution in [-0.2, 0) is 14.6 Å². The van der Waals surface area contributed by atoms with E-state index in [1.165, 1.54) is 18.2 Å². The summed E-state index contributed by atoms with van der Waals surface area (Å²) in [5.74, 6) is -2.52. The topological polar surface area (TPSA) is 92.3 Å². The Morgan fingerprint density at radius 3 is 2.21 bits per heavy atom. The quantitative estimate of drug-likeness (QED) is 0.336. The Morgan fingerprint density at radius 2 is 1.62 bits per heavy atom. The summed E-state index contributed by atoms with van der Waals surface area (Å²) in [5.41, 5.74) is 0.947. The van der Waals surface area contributed by atoms with Gasteiger partial charge in [-0.3, -0.25) is 9.59 Å². The van der Waals surface area contributed by atoms with Gasteiger partial charge in [0.1, 0.15) is 4.33 Å². The molecule has 0 radical (unpaired) electrons. The van der Waals surface area contributed by atoms with Crippen LogP contribution in [0.5, 0.6) is 0 Å². The van der Waals surface area contributed by atoms with Gasteiger partial charge in [-0.25, -0.2) is 8.42 Å². The Hall–Kier alpha value is -0.930. The Kier molecular flexibility index (Phi) is 7.31. The summed E-state index contributed by atoms with van der Waals surface area (Å²) in [6.07, 6.45) is 0.331. The van der Waals surface area contributed by atoms with Gasteiger partial charge >= 0.3 is 0 Å². The van der Waals surface area contributed by atoms with E-state index >= 15 is 0 Å². The van der Waals surface area contributed by atoms with Crippen LogP contribution in [0.25, 0.3) is 0 Å². The van der Waals surface area contributed by atoms with E-state index in [-0.39, 0.29) is 37.2 Å². The molecular formula is C21H16Cl6N2O4S. The molecule has 1 aliphatic heterocycles. The molecule has 2 aliphatic rings. The zero-order valence-corrected chi connectivity index (χ0v) is 22.4. The SMILES string of the molecule is O=C(NC1CCS(=O)(=O)C1)c1cc(NC(=O)[C@H]2[C@H](c3cc(Cl)c(Cl)c(Cl)c3)C2(Cl)Cl)ccc1Cl. The molecule has 6 nitrogen and oxygen atoms in total. The lowest BCUT2D eigenvalue weighted by molar-refractivity contribution is -0.117. The van der Waals surface area contributed by atoms with Crippen molar-refractivity contribution in [1.82, 2.24) is 5.32 Å². The number of hydrogen-bond acceptors (Lipinski definition) is 4. The van der Waals surface area contributed by atoms with Crippen molar-refractivity contribution < 1.29 is 18.0 Å². The molecule has 34 heavy (non-hydrogen) atoms. The van der Waals surface area contributed by atoms with Crippen LogP contribution in [0.2, 0.25) is 20.1 Å². The second-order valence-electron chi connectivity index (χ2n) is 8.19. The van der Waals surface area contributed by atoms with Gasteiger partial charge in [-0.15, -0.1) is 23.2 Å². The zero-order valence-electron chi connectivity index (χ0n) is 17.0. The van der Waals surface area contributed by atoms with Crippen LogP contribution >= 0.6 is 69.6 Å². The van der Waals surface area contributed by atoms with Gasteiger partial charge in [0, 0.05) is 17.6 Å². The fraction of sp³-hybridized carbons (Fsp3) is 0.333. The third-order valence-corrected chi connectivity index (χ3v) is 9.98. The molecule has 0 spiro atoms. The molecule has 2 aromatic rings. The van der Waals surface area contributed by atoms with Crippen LogP contribution in [0.1, 0.15) is 28.3 Å². The molecule has 2 amide bonds. The average Bonchev–Trinajstić information content (AvgIpc) is 3.16. The first-order chi connectivity index (χ1) is 15.8. The van der Waals surface area contributed by atoms with Crippen molar-refractivity contribution >= 4 is 96.9 Å². The number of sulfone groups is 1. The Morgan fingerprint density at radius 1 is 0.971 bits per heavy atom. The van der Waals surface area contributed by atoms with Crippen LogP contribution in [0.4, 0.5) is 5.69 Å². The smallest absolute Gasteiger partial charge is 0.253 e. The first-order valence-electron chi connectivity index (χ1n) is 9.94. The van der Waals surface area contributed by atoms with Crippen molar-refractivity contribution in [2.45, 2.75) is 22.7 Å². The number of nitrogens with one attached hydrogen (secondary N) is 2. The highest BCUT2D eigenvalue weighted by Gasteiger charge is 2.67. The molecule has 0 bridgehead atoms. The van der Waals surface area contributed by atoms with Crippen molar-refractivity contribution in [2.24, 2.45) is 5.92 Å². The van der Waals surface area contributed by atoms with E-state index in [2.05, 4.69) is 10.6 Å². The lowest BCUT2D eigenvalue weighted by Gasteiger charge is -2.13. The van der Waals surface area contributed by atoms with E-state index in [0.29, 0.717) is 17.7 Å². The number of carbonyl (C=O) groups is 2. The molecule has 182 valence electrons. The van der Waals surface area contributed by atoms with Gasteiger partial charge < -0.3 is 10.6 Å². The summed E-state index contributed by atoms with van der Waals surface area (Å²) >= 11 is 37.1. The molecule has 1 aliphatic carbocycles. The van der Waals surface area contributed by atoms with Gasteiger partial charge in [0.25, 0.3) is 5.91 Å². The molecule has 1 unspecified atom stereocenters. The van der Waals surface area contributed by atoms with E-state index in [1.54, 1.807) is 12.1 Å². The van der Waals surface area contributed by atoms with E-state index in [9.17, 15) is 18.0 Å². The molecule has 1 heterocycles. The molecule has 0 aromatic heterocycles. The molecule has 4 rings (SSSR count). The van der Waals surface area contributed by atoms with Crippen molar-refractivity contribution in [2.75, 3.05) is 16.8 Å². The molecule has 13 heteroatoms. The zero-order chi connectivity index (χ0) is 25.0. The number of anilines is 1. The maximum atomic E-state index is 13.0. The Bertz CT molecular complexity index is 1280. The van der Waals surface area contributed by atoms with Crippen LogP contribution in [0.3, 0.4) is 0 Å². The molecule has 2 aromatic carbocycles. The maximum Gasteiger partial charge on any atom is 0.253 e. The van der Waals surface area contributed by atoms with Gasteiger partial charge in [-0.1, -0.05) is 46.4 Å². The van der Waals surface area contributed by atoms with Crippen molar-refractivity contribution in [1.29, 1.82) is 0 Å². The van der Waals surface area contributed by atoms with Crippen molar-refractivity contribution in [3.8, 4) is 0 Å². The number of amides is 2. The number of carbonyl (C=O) groups excluding carboxylic acids is 2. The highest BCUT2D eigenvalue weighted by Crippen LogP contribution is 2.65. The molecule has 2 fully saturated rings. The van der Waals surface area contributed by atoms with E-state index in [4.69, 9.17) is 69.6 Å². The minimum Gasteiger partial charge on any atom is -0.348 e. The summed E-state index contributed by atoms with van der Waals surface area (Å²) in [7, 11) is -3.16. The predicted octanol–water partition coefficient (Wildman–Crippen LogP) is 5.74. The minimum atomic E-state index is -3.16.